The number of hydrogen-bond acceptors (Lipinski definition) is 2. The summed E-state index contributed by atoms with van der Waals surface area (Å²) in [6.45, 7) is 3.17. The van der Waals surface area contributed by atoms with E-state index in [4.69, 9.17) is 5.26 Å². The zero-order chi connectivity index (χ0) is 9.52. The maximum atomic E-state index is 8.45. The lowest BCUT2D eigenvalue weighted by Gasteiger charge is -2.22. The van der Waals surface area contributed by atoms with E-state index < -0.39 is 0 Å². The van der Waals surface area contributed by atoms with Crippen LogP contribution in [0.5, 0.6) is 0 Å². The summed E-state index contributed by atoms with van der Waals surface area (Å²) < 4.78 is 0. The fraction of sp³-hybridized carbons (Fsp3) is 0.727. The van der Waals surface area contributed by atoms with Crippen LogP contribution in [0.15, 0.2) is 12.2 Å². The average molecular weight is 178 g/mol. The molecule has 1 rings (SSSR count). The second-order valence-electron chi connectivity index (χ2n) is 3.58. The van der Waals surface area contributed by atoms with Gasteiger partial charge in [0.2, 0.25) is 0 Å². The Kier molecular flexibility index (Phi) is 4.56. The maximum absolute atomic E-state index is 8.45. The molecule has 0 saturated carbocycles. The molecule has 0 saturated heterocycles. The summed E-state index contributed by atoms with van der Waals surface area (Å²) in [5.74, 6) is 0.648. The molecule has 0 aliphatic heterocycles. The minimum Gasteiger partial charge on any atom is -0.311 e. The van der Waals surface area contributed by atoms with Gasteiger partial charge in [0.1, 0.15) is 0 Å². The molecule has 0 radical (unpaired) electrons. The minimum absolute atomic E-state index is 0.573. The predicted molar refractivity (Wildman–Crippen MR) is 54.2 cm³/mol. The summed E-state index contributed by atoms with van der Waals surface area (Å²) in [5.41, 5.74) is 0. The van der Waals surface area contributed by atoms with E-state index in [-0.39, 0.29) is 0 Å². The first-order valence-electron chi connectivity index (χ1n) is 5.15. The van der Waals surface area contributed by atoms with Crippen molar-refractivity contribution >= 4 is 0 Å². The SMILES string of the molecule is CCN[C@H]1C=C[C@H](CCC#N)CC1. The number of nitriles is 1. The molecule has 0 spiro atoms. The summed E-state index contributed by atoms with van der Waals surface area (Å²) in [7, 11) is 0. The molecule has 0 fully saturated rings. The van der Waals surface area contributed by atoms with Crippen LogP contribution in [0.25, 0.3) is 0 Å². The Morgan fingerprint density at radius 3 is 2.85 bits per heavy atom. The highest BCUT2D eigenvalue weighted by molar-refractivity contribution is 5.02. The van der Waals surface area contributed by atoms with E-state index in [2.05, 4.69) is 30.5 Å². The zero-order valence-electron chi connectivity index (χ0n) is 8.29. The summed E-state index contributed by atoms with van der Waals surface area (Å²) in [4.78, 5) is 0. The first kappa shape index (κ1) is 10.3. The van der Waals surface area contributed by atoms with E-state index in [1.165, 1.54) is 12.8 Å². The molecule has 0 unspecified atom stereocenters. The van der Waals surface area contributed by atoms with Crippen molar-refractivity contribution in [2.45, 2.75) is 38.6 Å². The van der Waals surface area contributed by atoms with Gasteiger partial charge in [-0.05, 0) is 31.7 Å². The van der Waals surface area contributed by atoms with Gasteiger partial charge in [0.15, 0.2) is 0 Å². The van der Waals surface area contributed by atoms with Crippen molar-refractivity contribution in [2.24, 2.45) is 5.92 Å². The molecule has 1 aliphatic rings. The number of likely N-dealkylation sites (N-methyl/N-ethyl adjacent to an activating group) is 1. The molecule has 2 heteroatoms. The van der Waals surface area contributed by atoms with Crippen molar-refractivity contribution in [1.29, 1.82) is 5.26 Å². The van der Waals surface area contributed by atoms with Crippen LogP contribution in [0.2, 0.25) is 0 Å². The average Bonchev–Trinajstić information content (AvgIpc) is 2.17. The third-order valence-corrected chi connectivity index (χ3v) is 2.56. The molecule has 0 heterocycles. The zero-order valence-corrected chi connectivity index (χ0v) is 8.29. The van der Waals surface area contributed by atoms with Gasteiger partial charge in [-0.15, -0.1) is 0 Å². The van der Waals surface area contributed by atoms with E-state index in [1.807, 2.05) is 0 Å². The normalized spacial score (nSPS) is 27.1. The fourth-order valence-corrected chi connectivity index (χ4v) is 1.80. The van der Waals surface area contributed by atoms with Crippen LogP contribution < -0.4 is 5.32 Å². The molecular weight excluding hydrogens is 160 g/mol. The summed E-state index contributed by atoms with van der Waals surface area (Å²) in [6.07, 6.45) is 8.71. The largest absolute Gasteiger partial charge is 0.311 e. The maximum Gasteiger partial charge on any atom is 0.0621 e. The topological polar surface area (TPSA) is 35.8 Å². The van der Waals surface area contributed by atoms with Crippen LogP contribution in [-0.4, -0.2) is 12.6 Å². The van der Waals surface area contributed by atoms with E-state index in [0.29, 0.717) is 18.4 Å². The molecule has 0 bridgehead atoms. The van der Waals surface area contributed by atoms with Crippen molar-refractivity contribution in [3.8, 4) is 6.07 Å². The Hall–Kier alpha value is -0.810. The van der Waals surface area contributed by atoms with Crippen LogP contribution in [0.3, 0.4) is 0 Å². The monoisotopic (exact) mass is 178 g/mol. The van der Waals surface area contributed by atoms with Crippen molar-refractivity contribution in [3.05, 3.63) is 12.2 Å². The van der Waals surface area contributed by atoms with Gasteiger partial charge in [-0.2, -0.15) is 5.26 Å². The second kappa shape index (κ2) is 5.77. The lowest BCUT2D eigenvalue weighted by molar-refractivity contribution is 0.447. The van der Waals surface area contributed by atoms with Gasteiger partial charge in [-0.1, -0.05) is 19.1 Å². The number of nitrogens with one attached hydrogen (secondary N) is 1. The van der Waals surface area contributed by atoms with E-state index >= 15 is 0 Å². The third kappa shape index (κ3) is 3.61. The van der Waals surface area contributed by atoms with E-state index in [1.54, 1.807) is 0 Å². The molecule has 0 aromatic carbocycles. The van der Waals surface area contributed by atoms with Gasteiger partial charge < -0.3 is 5.32 Å². The summed E-state index contributed by atoms with van der Waals surface area (Å²) in [6, 6.07) is 2.77. The van der Waals surface area contributed by atoms with Crippen LogP contribution >= 0.6 is 0 Å². The first-order valence-corrected chi connectivity index (χ1v) is 5.15. The van der Waals surface area contributed by atoms with Crippen LogP contribution in [0, 0.1) is 17.2 Å². The molecule has 13 heavy (non-hydrogen) atoms. The molecule has 0 aromatic heterocycles. The molecule has 1 N–H and O–H groups in total. The van der Waals surface area contributed by atoms with Gasteiger partial charge in [0, 0.05) is 12.5 Å². The fourth-order valence-electron chi connectivity index (χ4n) is 1.80. The number of allylic oxidation sites excluding steroid dienone is 1. The van der Waals surface area contributed by atoms with Crippen molar-refractivity contribution in [3.63, 3.8) is 0 Å². The van der Waals surface area contributed by atoms with Gasteiger partial charge >= 0.3 is 0 Å². The Labute approximate surface area is 80.6 Å². The number of rotatable bonds is 4. The quantitative estimate of drug-likeness (QED) is 0.670. The molecule has 2 nitrogen and oxygen atoms in total. The van der Waals surface area contributed by atoms with Crippen molar-refractivity contribution < 1.29 is 0 Å². The van der Waals surface area contributed by atoms with Crippen LogP contribution in [0.1, 0.15) is 32.6 Å². The summed E-state index contributed by atoms with van der Waals surface area (Å²) >= 11 is 0. The summed E-state index contributed by atoms with van der Waals surface area (Å²) in [5, 5.41) is 11.9. The van der Waals surface area contributed by atoms with Gasteiger partial charge in [-0.3, -0.25) is 0 Å². The first-order chi connectivity index (χ1) is 6.36. The standard InChI is InChI=1S/C11H18N2/c1-2-13-11-7-5-10(6-8-11)4-3-9-12/h5,7,10-11,13H,2-4,6,8H2,1H3/t10-,11-/m0/s1. The van der Waals surface area contributed by atoms with Crippen LogP contribution in [0.4, 0.5) is 0 Å². The van der Waals surface area contributed by atoms with E-state index in [0.717, 1.165) is 13.0 Å². The van der Waals surface area contributed by atoms with Crippen molar-refractivity contribution in [2.75, 3.05) is 6.54 Å². The highest BCUT2D eigenvalue weighted by Gasteiger charge is 2.13. The molecule has 0 aromatic rings. The van der Waals surface area contributed by atoms with Crippen molar-refractivity contribution in [1.82, 2.24) is 5.32 Å². The van der Waals surface area contributed by atoms with Gasteiger partial charge in [0.25, 0.3) is 0 Å². The van der Waals surface area contributed by atoms with E-state index in [9.17, 15) is 0 Å². The number of hydrogen-bond donors (Lipinski definition) is 1. The molecular formula is C11H18N2. The highest BCUT2D eigenvalue weighted by atomic mass is 14.9. The molecule has 72 valence electrons. The molecule has 0 amide bonds. The highest BCUT2D eigenvalue weighted by Crippen LogP contribution is 2.21. The minimum atomic E-state index is 0.573. The molecule has 1 aliphatic carbocycles. The lowest BCUT2D eigenvalue weighted by Crippen LogP contribution is -2.29. The van der Waals surface area contributed by atoms with Gasteiger partial charge in [-0.25, -0.2) is 0 Å². The Balaban J connectivity index is 2.26. The predicted octanol–water partition coefficient (Wildman–Crippen LogP) is 2.23. The Morgan fingerprint density at radius 2 is 2.31 bits per heavy atom. The van der Waals surface area contributed by atoms with Crippen LogP contribution in [-0.2, 0) is 0 Å². The Bertz CT molecular complexity index is 203. The Morgan fingerprint density at radius 1 is 1.46 bits per heavy atom. The lowest BCUT2D eigenvalue weighted by atomic mass is 9.90. The smallest absolute Gasteiger partial charge is 0.0621 e. The number of nitrogens with zero attached hydrogens (tertiary/aromatic N) is 1. The second-order valence-corrected chi connectivity index (χ2v) is 3.58. The van der Waals surface area contributed by atoms with Gasteiger partial charge in [0.05, 0.1) is 6.07 Å². The molecule has 2 atom stereocenters. The third-order valence-electron chi connectivity index (χ3n) is 2.56.